The van der Waals surface area contributed by atoms with Gasteiger partial charge in [0.1, 0.15) is 39.2 Å². The van der Waals surface area contributed by atoms with Crippen molar-refractivity contribution in [2.24, 2.45) is 11.7 Å². The van der Waals surface area contributed by atoms with Crippen molar-refractivity contribution >= 4 is 50.7 Å². The number of fused-ring (bicyclic) bond motifs is 4. The fourth-order valence-electron chi connectivity index (χ4n) is 3.63. The van der Waals surface area contributed by atoms with Crippen molar-refractivity contribution in [1.82, 2.24) is 0 Å². The molecule has 29 heavy (non-hydrogen) atoms. The molecule has 4 aliphatic rings. The van der Waals surface area contributed by atoms with Gasteiger partial charge in [0.05, 0.1) is 11.4 Å². The van der Waals surface area contributed by atoms with Crippen molar-refractivity contribution in [3.63, 3.8) is 0 Å². The van der Waals surface area contributed by atoms with E-state index in [1.807, 2.05) is 10.9 Å². The molecule has 4 aliphatic heterocycles. The number of rotatable bonds is 4. The summed E-state index contributed by atoms with van der Waals surface area (Å²) in [6.45, 7) is 0. The van der Waals surface area contributed by atoms with Crippen LogP contribution < -0.4 is 27.3 Å². The first-order valence-corrected chi connectivity index (χ1v) is 13.4. The summed E-state index contributed by atoms with van der Waals surface area (Å²) in [5.74, 6) is 9.18. The Morgan fingerprint density at radius 2 is 0.724 bits per heavy atom. The Labute approximate surface area is 162 Å². The molecule has 0 saturated heterocycles. The normalized spacial score (nSPS) is 22.3. The smallest absolute Gasteiger partial charge is 0.215 e. The second kappa shape index (κ2) is 4.20. The number of nitrogens with one attached hydrogen (secondary N) is 2. The van der Waals surface area contributed by atoms with E-state index in [0.29, 0.717) is 0 Å². The minimum Gasteiger partial charge on any atom is -0.452 e. The first kappa shape index (κ1) is 17.4. The van der Waals surface area contributed by atoms with E-state index in [1.165, 1.54) is 0 Å². The van der Waals surface area contributed by atoms with Gasteiger partial charge in [-0.3, -0.25) is 11.7 Å². The van der Waals surface area contributed by atoms with Crippen molar-refractivity contribution in [3.8, 4) is 11.5 Å². The first-order chi connectivity index (χ1) is 13.4. The quantitative estimate of drug-likeness (QED) is 0.131. The molecule has 6 rings (SSSR count). The Hall–Kier alpha value is -2.44. The Balaban J connectivity index is 1.65. The Morgan fingerprint density at radius 1 is 0.483 bits per heavy atom. The van der Waals surface area contributed by atoms with E-state index in [1.54, 1.807) is 0 Å². The van der Waals surface area contributed by atoms with Crippen LogP contribution in [0.5, 0.6) is 11.5 Å². The fraction of sp³-hybridized carbons (Fsp3) is 0. The zero-order chi connectivity index (χ0) is 21.0. The highest BCUT2D eigenvalue weighted by Crippen LogP contribution is 2.69. The third-order valence-corrected chi connectivity index (χ3v) is 11.7. The largest absolute Gasteiger partial charge is 0.452 e. The molecule has 0 bridgehead atoms. The van der Waals surface area contributed by atoms with Crippen molar-refractivity contribution in [3.05, 3.63) is 0 Å². The molecule has 0 amide bonds. The van der Waals surface area contributed by atoms with Crippen LogP contribution in [0.4, 0.5) is 11.4 Å². The molecule has 13 nitrogen and oxygen atoms in total. The molecule has 0 aromatic heterocycles. The van der Waals surface area contributed by atoms with E-state index < -0.39 is 90.0 Å². The molecule has 17 heteroatoms. The van der Waals surface area contributed by atoms with E-state index >= 15 is 0 Å². The summed E-state index contributed by atoms with van der Waals surface area (Å²) in [5.41, 5.74) is 3.44. The van der Waals surface area contributed by atoms with Gasteiger partial charge in [-0.25, -0.2) is 33.7 Å². The minimum absolute atomic E-state index is 0.308. The van der Waals surface area contributed by atoms with Gasteiger partial charge < -0.3 is 15.6 Å². The zero-order valence-corrected chi connectivity index (χ0v) is 16.7. The lowest BCUT2D eigenvalue weighted by Gasteiger charge is -2.02. The molecule has 0 saturated carbocycles. The summed E-state index contributed by atoms with van der Waals surface area (Å²) < 4.78 is 103. The molecule has 0 atom stereocenters. The van der Waals surface area contributed by atoms with Gasteiger partial charge in [0.2, 0.25) is 39.3 Å². The van der Waals surface area contributed by atoms with Crippen LogP contribution in [0.1, 0.15) is 0 Å². The number of nitrogens with two attached hydrogens (primary N) is 2. The summed E-state index contributed by atoms with van der Waals surface area (Å²) in [5, 5.41) is 0. The molecule has 6 N–H and O–H groups in total. The molecule has 152 valence electrons. The van der Waals surface area contributed by atoms with Crippen molar-refractivity contribution in [2.45, 2.75) is 39.2 Å². The van der Waals surface area contributed by atoms with Gasteiger partial charge in [-0.1, -0.05) is 0 Å². The number of sulfone groups is 4. The predicted molar refractivity (Wildman–Crippen MR) is 90.4 cm³/mol. The lowest BCUT2D eigenvalue weighted by atomic mass is 10.3. The molecule has 4 heterocycles. The van der Waals surface area contributed by atoms with Crippen LogP contribution in [-0.4, -0.2) is 33.7 Å². The monoisotopic (exact) mass is 478 g/mol. The molecule has 0 aliphatic carbocycles. The molecule has 0 fully saturated rings. The maximum atomic E-state index is 12.2. The van der Waals surface area contributed by atoms with Gasteiger partial charge in [0.15, 0.2) is 11.5 Å². The topological polar surface area (TPSA) is 222 Å². The van der Waals surface area contributed by atoms with E-state index in [9.17, 15) is 33.7 Å². The molecule has 0 spiro atoms. The maximum Gasteiger partial charge on any atom is 0.215 e. The second-order valence-electron chi connectivity index (χ2n) is 6.45. The average molecular weight is 478 g/mol. The van der Waals surface area contributed by atoms with Crippen LogP contribution in [0.15, 0.2) is 39.2 Å². The summed E-state index contributed by atoms with van der Waals surface area (Å²) in [6.07, 6.45) is 0. The fourth-order valence-corrected chi connectivity index (χ4v) is 10.3. The van der Waals surface area contributed by atoms with Gasteiger partial charge in [-0.05, 0) is 0 Å². The molecule has 0 radical (unpaired) electrons. The highest BCUT2D eigenvalue weighted by atomic mass is 32.2. The van der Waals surface area contributed by atoms with Crippen LogP contribution >= 0.6 is 0 Å². The van der Waals surface area contributed by atoms with Crippen molar-refractivity contribution < 1.29 is 38.4 Å². The van der Waals surface area contributed by atoms with E-state index in [2.05, 4.69) is 0 Å². The molecule has 2 aromatic rings. The van der Waals surface area contributed by atoms with Gasteiger partial charge in [0.25, 0.3) is 0 Å². The number of hydrogen-bond acceptors (Lipinski definition) is 13. The number of anilines is 2. The second-order valence-corrected chi connectivity index (χ2v) is 13.7. The summed E-state index contributed by atoms with van der Waals surface area (Å²) in [6, 6.07) is 0. The number of nitrogen functional groups attached to an aromatic ring is 2. The summed E-state index contributed by atoms with van der Waals surface area (Å²) in [4.78, 5) is -3.58. The Morgan fingerprint density at radius 3 is 0.931 bits per heavy atom. The molecular formula is C12H6N4O9S4. The van der Waals surface area contributed by atoms with Crippen molar-refractivity contribution in [2.75, 3.05) is 10.9 Å². The van der Waals surface area contributed by atoms with Crippen LogP contribution in [0.25, 0.3) is 0 Å². The van der Waals surface area contributed by atoms with Gasteiger partial charge in [-0.15, -0.1) is 0 Å². The third kappa shape index (κ3) is 1.62. The number of hydrogen-bond donors (Lipinski definition) is 4. The Bertz CT molecular complexity index is 1490. The number of benzene rings is 2. The molecular weight excluding hydrogens is 472 g/mol. The van der Waals surface area contributed by atoms with Crippen LogP contribution in [0.2, 0.25) is 0 Å². The predicted octanol–water partition coefficient (Wildman–Crippen LogP) is -1.37. The van der Waals surface area contributed by atoms with Crippen LogP contribution in [0.3, 0.4) is 0 Å². The van der Waals surface area contributed by atoms with Gasteiger partial charge in [0, 0.05) is 0 Å². The summed E-state index contributed by atoms with van der Waals surface area (Å²) >= 11 is 0. The van der Waals surface area contributed by atoms with Crippen LogP contribution in [-0.2, 0) is 39.3 Å². The molecule has 0 unspecified atom stereocenters. The van der Waals surface area contributed by atoms with E-state index in [4.69, 9.17) is 16.4 Å². The summed E-state index contributed by atoms with van der Waals surface area (Å²) in [7, 11) is -16.1. The third-order valence-electron chi connectivity index (χ3n) is 5.03. The SMILES string of the molecule is NNc1c2c(c(Oc3c4c(c(NN)c5c3S5(=O)=O)S4(=O)=O)c3c1S3(=O)=O)S2(=O)=O. The highest BCUT2D eigenvalue weighted by Gasteiger charge is 2.63. The number of hydrazine groups is 2. The van der Waals surface area contributed by atoms with Crippen LogP contribution in [0, 0.1) is 0 Å². The lowest BCUT2D eigenvalue weighted by Crippen LogP contribution is -2.07. The molecule has 2 aromatic carbocycles. The first-order valence-electron chi connectivity index (χ1n) is 7.45. The lowest BCUT2D eigenvalue weighted by molar-refractivity contribution is 0.435. The zero-order valence-electron chi connectivity index (χ0n) is 13.5. The maximum absolute atomic E-state index is 12.2. The standard InChI is InChI=1S/C12H6N4O9S4/c13-15-1-5-9(26(5,17)18)3(10-6(1)27(10,19)20)25-4-11-7(28(11,21)22)2(16-14)8-12(4)29(8,23)24/h15-16H,13-14H2. The Kier molecular flexibility index (Phi) is 2.53. The van der Waals surface area contributed by atoms with E-state index in [-0.39, 0.29) is 11.4 Å². The van der Waals surface area contributed by atoms with Gasteiger partial charge >= 0.3 is 0 Å². The number of ether oxygens (including phenoxy) is 1. The minimum atomic E-state index is -4.03. The average Bonchev–Trinajstić information content (AvgIpc) is 3.57. The van der Waals surface area contributed by atoms with E-state index in [0.717, 1.165) is 0 Å². The van der Waals surface area contributed by atoms with Gasteiger partial charge in [-0.2, -0.15) is 0 Å². The van der Waals surface area contributed by atoms with Crippen molar-refractivity contribution in [1.29, 1.82) is 0 Å². The highest BCUT2D eigenvalue weighted by molar-refractivity contribution is 8.00.